The van der Waals surface area contributed by atoms with Gasteiger partial charge in [0.15, 0.2) is 0 Å². The molecule has 0 aliphatic carbocycles. The van der Waals surface area contributed by atoms with Crippen molar-refractivity contribution in [2.24, 2.45) is 5.92 Å². The average molecular weight is 152 g/mol. The van der Waals surface area contributed by atoms with Gasteiger partial charge in [0.1, 0.15) is 0 Å². The Morgan fingerprint density at radius 2 is 2.18 bits per heavy atom. The lowest BCUT2D eigenvalue weighted by Crippen LogP contribution is -2.16. The van der Waals surface area contributed by atoms with Gasteiger partial charge in [0, 0.05) is 5.92 Å². The van der Waals surface area contributed by atoms with Crippen molar-refractivity contribution in [1.29, 1.82) is 0 Å². The van der Waals surface area contributed by atoms with Crippen LogP contribution in [0.25, 0.3) is 0 Å². The molecule has 1 aliphatic heterocycles. The van der Waals surface area contributed by atoms with E-state index in [1.807, 2.05) is 6.08 Å². The van der Waals surface area contributed by atoms with Crippen LogP contribution >= 0.6 is 0 Å². The minimum Gasteiger partial charge on any atom is -0.369 e. The van der Waals surface area contributed by atoms with Crippen molar-refractivity contribution in [2.75, 3.05) is 6.61 Å². The molecule has 1 heteroatoms. The Morgan fingerprint density at radius 1 is 1.64 bits per heavy atom. The smallest absolute Gasteiger partial charge is 0.0985 e. The summed E-state index contributed by atoms with van der Waals surface area (Å²) in [6, 6.07) is 0. The van der Waals surface area contributed by atoms with Crippen molar-refractivity contribution < 1.29 is 4.74 Å². The van der Waals surface area contributed by atoms with E-state index in [-0.39, 0.29) is 5.60 Å². The van der Waals surface area contributed by atoms with E-state index in [1.165, 1.54) is 5.57 Å². The third-order valence-corrected chi connectivity index (χ3v) is 2.07. The Balaban J connectivity index is 2.64. The van der Waals surface area contributed by atoms with Crippen LogP contribution in [0.5, 0.6) is 0 Å². The van der Waals surface area contributed by atoms with Gasteiger partial charge in [0.05, 0.1) is 12.2 Å². The first-order valence-electron chi connectivity index (χ1n) is 4.00. The molecule has 0 unspecified atom stereocenters. The lowest BCUT2D eigenvalue weighted by Gasteiger charge is -2.12. The molecule has 0 spiro atoms. The summed E-state index contributed by atoms with van der Waals surface area (Å²) in [7, 11) is 0. The van der Waals surface area contributed by atoms with E-state index < -0.39 is 0 Å². The lowest BCUT2D eigenvalue weighted by atomic mass is 9.93. The maximum atomic E-state index is 5.33. The minimum atomic E-state index is 0.0546. The molecule has 0 aromatic rings. The van der Waals surface area contributed by atoms with Crippen LogP contribution < -0.4 is 0 Å². The fraction of sp³-hybridized carbons (Fsp3) is 0.600. The molecule has 11 heavy (non-hydrogen) atoms. The molecule has 0 amide bonds. The van der Waals surface area contributed by atoms with Crippen LogP contribution in [0, 0.1) is 5.92 Å². The predicted octanol–water partition coefficient (Wildman–Crippen LogP) is 2.54. The number of allylic oxidation sites excluding steroid dienone is 1. The van der Waals surface area contributed by atoms with E-state index in [0.717, 1.165) is 6.61 Å². The monoisotopic (exact) mass is 152 g/mol. The summed E-state index contributed by atoms with van der Waals surface area (Å²) in [5, 5.41) is 0. The molecule has 1 saturated heterocycles. The van der Waals surface area contributed by atoms with E-state index >= 15 is 0 Å². The number of rotatable bonds is 3. The molecule has 0 bridgehead atoms. The first kappa shape index (κ1) is 8.54. The van der Waals surface area contributed by atoms with Crippen LogP contribution in [-0.4, -0.2) is 12.2 Å². The normalized spacial score (nSPS) is 30.8. The van der Waals surface area contributed by atoms with Gasteiger partial charge in [0.2, 0.25) is 0 Å². The summed E-state index contributed by atoms with van der Waals surface area (Å²) in [6.07, 6.45) is 4.17. The zero-order valence-electron chi connectivity index (χ0n) is 7.55. The van der Waals surface area contributed by atoms with E-state index in [9.17, 15) is 0 Å². The number of ether oxygens (including phenoxy) is 1. The molecule has 1 heterocycles. The average Bonchev–Trinajstić information content (AvgIpc) is 2.63. The highest BCUT2D eigenvalue weighted by Crippen LogP contribution is 2.36. The summed E-state index contributed by atoms with van der Waals surface area (Å²) in [5.41, 5.74) is 1.38. The second kappa shape index (κ2) is 2.82. The summed E-state index contributed by atoms with van der Waals surface area (Å²) < 4.78 is 5.33. The molecule has 1 rings (SSSR count). The highest BCUT2D eigenvalue weighted by molar-refractivity contribution is 5.14. The Labute approximate surface area is 68.8 Å². The van der Waals surface area contributed by atoms with Gasteiger partial charge in [-0.15, -0.1) is 6.58 Å². The third-order valence-electron chi connectivity index (χ3n) is 2.07. The topological polar surface area (TPSA) is 12.5 Å². The summed E-state index contributed by atoms with van der Waals surface area (Å²) in [4.78, 5) is 0. The van der Waals surface area contributed by atoms with Crippen molar-refractivity contribution >= 4 is 0 Å². The molecule has 0 aromatic heterocycles. The molecule has 2 atom stereocenters. The van der Waals surface area contributed by atoms with Crippen LogP contribution in [0.15, 0.2) is 24.3 Å². The molecule has 0 radical (unpaired) electrons. The highest BCUT2D eigenvalue weighted by atomic mass is 16.6. The molecule has 62 valence electrons. The van der Waals surface area contributed by atoms with Gasteiger partial charge in [-0.2, -0.15) is 0 Å². The number of epoxide rings is 1. The molecular weight excluding hydrogens is 136 g/mol. The molecule has 0 N–H and O–H groups in total. The van der Waals surface area contributed by atoms with Crippen LogP contribution in [0.4, 0.5) is 0 Å². The van der Waals surface area contributed by atoms with E-state index in [2.05, 4.69) is 33.4 Å². The van der Waals surface area contributed by atoms with Gasteiger partial charge in [-0.05, 0) is 20.8 Å². The maximum absolute atomic E-state index is 5.33. The van der Waals surface area contributed by atoms with Crippen LogP contribution in [0.3, 0.4) is 0 Å². The first-order chi connectivity index (χ1) is 5.08. The van der Waals surface area contributed by atoms with Crippen LogP contribution in [0.2, 0.25) is 0 Å². The van der Waals surface area contributed by atoms with Gasteiger partial charge in [-0.3, -0.25) is 0 Å². The molecule has 0 aromatic carbocycles. The lowest BCUT2D eigenvalue weighted by molar-refractivity contribution is 0.291. The Kier molecular flexibility index (Phi) is 2.19. The van der Waals surface area contributed by atoms with E-state index in [0.29, 0.717) is 5.92 Å². The quantitative estimate of drug-likeness (QED) is 0.447. The molecule has 1 nitrogen and oxygen atoms in total. The third kappa shape index (κ3) is 1.93. The summed E-state index contributed by atoms with van der Waals surface area (Å²) >= 11 is 0. The van der Waals surface area contributed by atoms with Crippen LogP contribution in [0.1, 0.15) is 20.8 Å². The minimum absolute atomic E-state index is 0.0546. The van der Waals surface area contributed by atoms with E-state index in [1.54, 1.807) is 0 Å². The molecule has 1 fully saturated rings. The largest absolute Gasteiger partial charge is 0.369 e. The van der Waals surface area contributed by atoms with Crippen molar-refractivity contribution in [1.82, 2.24) is 0 Å². The van der Waals surface area contributed by atoms with Gasteiger partial charge in [-0.1, -0.05) is 17.7 Å². The van der Waals surface area contributed by atoms with Gasteiger partial charge in [-0.25, -0.2) is 0 Å². The van der Waals surface area contributed by atoms with Crippen molar-refractivity contribution in [3.8, 4) is 0 Å². The standard InChI is InChI=1S/C10H16O/c1-5-9(6-8(2)3)10(4)7-11-10/h5-6,9H,1,7H2,2-4H3/t9-,10+/m1/s1. The summed E-state index contributed by atoms with van der Waals surface area (Å²) in [5.74, 6) is 0.382. The Morgan fingerprint density at radius 3 is 2.45 bits per heavy atom. The number of hydrogen-bond donors (Lipinski definition) is 0. The fourth-order valence-electron chi connectivity index (χ4n) is 1.16. The molecule has 0 saturated carbocycles. The van der Waals surface area contributed by atoms with Gasteiger partial charge < -0.3 is 4.74 Å². The second-order valence-electron chi connectivity index (χ2n) is 3.61. The summed E-state index contributed by atoms with van der Waals surface area (Å²) in [6.45, 7) is 11.0. The maximum Gasteiger partial charge on any atom is 0.0985 e. The Bertz CT molecular complexity index is 183. The zero-order chi connectivity index (χ0) is 8.48. The van der Waals surface area contributed by atoms with Gasteiger partial charge in [0.25, 0.3) is 0 Å². The molecule has 1 aliphatic rings. The zero-order valence-corrected chi connectivity index (χ0v) is 7.55. The van der Waals surface area contributed by atoms with Crippen LogP contribution in [-0.2, 0) is 4.74 Å². The van der Waals surface area contributed by atoms with E-state index in [4.69, 9.17) is 4.74 Å². The second-order valence-corrected chi connectivity index (χ2v) is 3.61. The van der Waals surface area contributed by atoms with Crippen molar-refractivity contribution in [2.45, 2.75) is 26.4 Å². The van der Waals surface area contributed by atoms with Crippen molar-refractivity contribution in [3.05, 3.63) is 24.3 Å². The SMILES string of the molecule is C=C[C@H](C=C(C)C)[C@]1(C)CO1. The molecular formula is C10H16O. The predicted molar refractivity (Wildman–Crippen MR) is 47.5 cm³/mol. The van der Waals surface area contributed by atoms with Gasteiger partial charge >= 0.3 is 0 Å². The number of hydrogen-bond acceptors (Lipinski definition) is 1. The first-order valence-corrected chi connectivity index (χ1v) is 4.00. The van der Waals surface area contributed by atoms with Crippen molar-refractivity contribution in [3.63, 3.8) is 0 Å². The fourth-order valence-corrected chi connectivity index (χ4v) is 1.16. The highest BCUT2D eigenvalue weighted by Gasteiger charge is 2.44. The Hall–Kier alpha value is -0.560.